The van der Waals surface area contributed by atoms with Crippen molar-refractivity contribution < 1.29 is 27.8 Å². The fourth-order valence-corrected chi connectivity index (χ4v) is 2.85. The molecule has 0 aromatic heterocycles. The molecule has 2 aromatic rings. The van der Waals surface area contributed by atoms with Crippen LogP contribution in [0, 0.1) is 0 Å². The molecule has 1 amide bonds. The maximum atomic E-state index is 12.1. The molecule has 3 rings (SSSR count). The number of nitrogens with one attached hydrogen (secondary N) is 1. The van der Waals surface area contributed by atoms with Gasteiger partial charge in [-0.25, -0.2) is 0 Å². The molecule has 29 heavy (non-hydrogen) atoms. The number of ether oxygens (including phenoxy) is 3. The number of hydrogen-bond donors (Lipinski definition) is 1. The number of alkyl halides is 2. The van der Waals surface area contributed by atoms with Gasteiger partial charge in [0.25, 0.3) is 0 Å². The highest BCUT2D eigenvalue weighted by Gasteiger charge is 2.15. The third-order valence-electron chi connectivity index (χ3n) is 4.38. The molecule has 1 aliphatic rings. The molecule has 0 spiro atoms. The van der Waals surface area contributed by atoms with Gasteiger partial charge in [0, 0.05) is 19.2 Å². The third-order valence-corrected chi connectivity index (χ3v) is 4.38. The van der Waals surface area contributed by atoms with Crippen LogP contribution in [0.5, 0.6) is 11.5 Å². The average molecular weight is 403 g/mol. The second-order valence-corrected chi connectivity index (χ2v) is 6.59. The fraction of sp³-hybridized carbons (Fsp3) is 0.318. The Hall–Kier alpha value is -2.93. The minimum absolute atomic E-state index is 0.0739. The molecule has 0 saturated carbocycles. The van der Waals surface area contributed by atoms with E-state index in [-0.39, 0.29) is 17.8 Å². The molecular weight excluding hydrogens is 380 g/mol. The molecule has 1 N–H and O–H groups in total. The van der Waals surface area contributed by atoms with E-state index in [1.807, 2.05) is 24.3 Å². The molecule has 1 fully saturated rings. The van der Waals surface area contributed by atoms with Crippen molar-refractivity contribution >= 4 is 12.0 Å². The summed E-state index contributed by atoms with van der Waals surface area (Å²) in [6.45, 7) is -1.12. The zero-order valence-electron chi connectivity index (χ0n) is 15.9. The summed E-state index contributed by atoms with van der Waals surface area (Å²) in [4.78, 5) is 12.0. The summed E-state index contributed by atoms with van der Waals surface area (Å²) in [5.74, 6) is 0.594. The lowest BCUT2D eigenvalue weighted by atomic mass is 10.2. The summed E-state index contributed by atoms with van der Waals surface area (Å²) in [5, 5.41) is 2.79. The summed E-state index contributed by atoms with van der Waals surface area (Å²) in [6.07, 6.45) is 5.28. The number of halogens is 2. The standard InChI is InChI=1S/C22H23F2NO4/c23-22(24)29-19-10-3-16(4-11-19)7-12-21(26)25-14-17-5-8-18(9-6-17)28-15-20-2-1-13-27-20/h3-12,20,22H,1-2,13-15H2,(H,25,26)/b12-7+/t20-/m0/s1. The Kier molecular flexibility index (Phi) is 7.58. The predicted molar refractivity (Wildman–Crippen MR) is 105 cm³/mol. The Bertz CT molecular complexity index is 801. The van der Waals surface area contributed by atoms with Gasteiger partial charge in [0.15, 0.2) is 0 Å². The molecule has 0 unspecified atom stereocenters. The van der Waals surface area contributed by atoms with E-state index in [9.17, 15) is 13.6 Å². The van der Waals surface area contributed by atoms with Crippen LogP contribution in [0.4, 0.5) is 8.78 Å². The Morgan fingerprint density at radius 1 is 1.14 bits per heavy atom. The van der Waals surface area contributed by atoms with Crippen molar-refractivity contribution in [3.63, 3.8) is 0 Å². The minimum atomic E-state index is -2.86. The van der Waals surface area contributed by atoms with E-state index < -0.39 is 6.61 Å². The van der Waals surface area contributed by atoms with Crippen LogP contribution in [0.2, 0.25) is 0 Å². The van der Waals surface area contributed by atoms with Crippen LogP contribution in [0.1, 0.15) is 24.0 Å². The lowest BCUT2D eigenvalue weighted by molar-refractivity contribution is -0.116. The van der Waals surface area contributed by atoms with E-state index >= 15 is 0 Å². The van der Waals surface area contributed by atoms with E-state index in [0.29, 0.717) is 18.7 Å². The summed E-state index contributed by atoms with van der Waals surface area (Å²) in [6, 6.07) is 13.6. The molecule has 7 heteroatoms. The van der Waals surface area contributed by atoms with Gasteiger partial charge < -0.3 is 19.5 Å². The maximum Gasteiger partial charge on any atom is 0.387 e. The van der Waals surface area contributed by atoms with Crippen LogP contribution in [0.25, 0.3) is 6.08 Å². The highest BCUT2D eigenvalue weighted by Crippen LogP contribution is 2.17. The molecule has 0 radical (unpaired) electrons. The van der Waals surface area contributed by atoms with E-state index in [0.717, 1.165) is 30.8 Å². The van der Waals surface area contributed by atoms with Crippen molar-refractivity contribution in [1.29, 1.82) is 0 Å². The van der Waals surface area contributed by atoms with Crippen molar-refractivity contribution in [2.75, 3.05) is 13.2 Å². The van der Waals surface area contributed by atoms with E-state index in [1.165, 1.54) is 18.2 Å². The Morgan fingerprint density at radius 2 is 1.86 bits per heavy atom. The Labute approximate surface area is 168 Å². The number of amides is 1. The SMILES string of the molecule is O=C(/C=C/c1ccc(OC(F)F)cc1)NCc1ccc(OC[C@@H]2CCCO2)cc1. The molecule has 5 nitrogen and oxygen atoms in total. The molecule has 0 bridgehead atoms. The number of benzene rings is 2. The van der Waals surface area contributed by atoms with E-state index in [1.54, 1.807) is 18.2 Å². The molecule has 1 saturated heterocycles. The normalized spacial score (nSPS) is 16.3. The van der Waals surface area contributed by atoms with Gasteiger partial charge in [-0.05, 0) is 54.3 Å². The van der Waals surface area contributed by atoms with Gasteiger partial charge in [0.05, 0.1) is 6.10 Å². The van der Waals surface area contributed by atoms with Crippen molar-refractivity contribution in [2.24, 2.45) is 0 Å². The molecule has 154 valence electrons. The summed E-state index contributed by atoms with van der Waals surface area (Å²) in [7, 11) is 0. The summed E-state index contributed by atoms with van der Waals surface area (Å²) in [5.41, 5.74) is 1.65. The molecule has 2 aromatic carbocycles. The quantitative estimate of drug-likeness (QED) is 0.639. The molecule has 1 atom stereocenters. The second-order valence-electron chi connectivity index (χ2n) is 6.59. The van der Waals surface area contributed by atoms with Gasteiger partial charge in [0.2, 0.25) is 5.91 Å². The van der Waals surface area contributed by atoms with Crippen LogP contribution in [0.3, 0.4) is 0 Å². The van der Waals surface area contributed by atoms with E-state index in [4.69, 9.17) is 9.47 Å². The zero-order valence-corrected chi connectivity index (χ0v) is 15.9. The van der Waals surface area contributed by atoms with Crippen LogP contribution >= 0.6 is 0 Å². The lowest BCUT2D eigenvalue weighted by Crippen LogP contribution is -2.20. The van der Waals surface area contributed by atoms with Crippen LogP contribution in [-0.4, -0.2) is 31.8 Å². The maximum absolute atomic E-state index is 12.1. The monoisotopic (exact) mass is 403 g/mol. The number of hydrogen-bond acceptors (Lipinski definition) is 4. The predicted octanol–water partition coefficient (Wildman–Crippen LogP) is 4.18. The third kappa shape index (κ3) is 7.19. The molecule has 1 heterocycles. The van der Waals surface area contributed by atoms with Crippen LogP contribution in [-0.2, 0) is 16.1 Å². The van der Waals surface area contributed by atoms with Gasteiger partial charge in [0.1, 0.15) is 18.1 Å². The number of rotatable bonds is 9. The van der Waals surface area contributed by atoms with Crippen molar-refractivity contribution in [1.82, 2.24) is 5.32 Å². The van der Waals surface area contributed by atoms with Crippen LogP contribution in [0.15, 0.2) is 54.6 Å². The van der Waals surface area contributed by atoms with Crippen molar-refractivity contribution in [3.8, 4) is 11.5 Å². The number of carbonyl (C=O) groups excluding carboxylic acids is 1. The van der Waals surface area contributed by atoms with Crippen molar-refractivity contribution in [3.05, 3.63) is 65.7 Å². The summed E-state index contributed by atoms with van der Waals surface area (Å²) >= 11 is 0. The minimum Gasteiger partial charge on any atom is -0.491 e. The fourth-order valence-electron chi connectivity index (χ4n) is 2.85. The molecule has 0 aliphatic carbocycles. The topological polar surface area (TPSA) is 56.8 Å². The average Bonchev–Trinajstić information content (AvgIpc) is 3.24. The van der Waals surface area contributed by atoms with Crippen molar-refractivity contribution in [2.45, 2.75) is 32.1 Å². The first-order valence-corrected chi connectivity index (χ1v) is 9.42. The highest BCUT2D eigenvalue weighted by atomic mass is 19.3. The van der Waals surface area contributed by atoms with Gasteiger partial charge >= 0.3 is 6.61 Å². The molecule has 1 aliphatic heterocycles. The van der Waals surface area contributed by atoms with Gasteiger partial charge in [-0.2, -0.15) is 8.78 Å². The largest absolute Gasteiger partial charge is 0.491 e. The van der Waals surface area contributed by atoms with E-state index in [2.05, 4.69) is 10.1 Å². The summed E-state index contributed by atoms with van der Waals surface area (Å²) < 4.78 is 39.8. The van der Waals surface area contributed by atoms with Gasteiger partial charge in [-0.15, -0.1) is 0 Å². The first-order valence-electron chi connectivity index (χ1n) is 9.42. The van der Waals surface area contributed by atoms with Gasteiger partial charge in [-0.3, -0.25) is 4.79 Å². The zero-order chi connectivity index (χ0) is 20.5. The molecular formula is C22H23F2NO4. The Balaban J connectivity index is 1.40. The van der Waals surface area contributed by atoms with Gasteiger partial charge in [-0.1, -0.05) is 24.3 Å². The first-order chi connectivity index (χ1) is 14.1. The number of carbonyl (C=O) groups is 1. The second kappa shape index (κ2) is 10.6. The highest BCUT2D eigenvalue weighted by molar-refractivity contribution is 5.91. The Morgan fingerprint density at radius 3 is 2.52 bits per heavy atom. The first kappa shape index (κ1) is 20.8. The smallest absolute Gasteiger partial charge is 0.387 e. The lowest BCUT2D eigenvalue weighted by Gasteiger charge is -2.11. The van der Waals surface area contributed by atoms with Crippen LogP contribution < -0.4 is 14.8 Å².